The number of ether oxygens (including phenoxy) is 2. The highest BCUT2D eigenvalue weighted by Gasteiger charge is 2.39. The summed E-state index contributed by atoms with van der Waals surface area (Å²) >= 11 is 0. The van der Waals surface area contributed by atoms with E-state index in [1.807, 2.05) is 6.92 Å². The van der Waals surface area contributed by atoms with Crippen LogP contribution in [-0.4, -0.2) is 39.0 Å². The largest absolute Gasteiger partial charge is 0.495 e. The number of methoxy groups -OCH3 is 1. The number of rotatable bonds is 5. The minimum absolute atomic E-state index is 0.143. The van der Waals surface area contributed by atoms with Crippen molar-refractivity contribution >= 4 is 10.0 Å². The lowest BCUT2D eigenvalue weighted by atomic mass is 10.2. The minimum atomic E-state index is -3.66. The summed E-state index contributed by atoms with van der Waals surface area (Å²) in [7, 11) is -2.22. The molecule has 1 aromatic heterocycles. The van der Waals surface area contributed by atoms with Crippen molar-refractivity contribution in [3.63, 3.8) is 0 Å². The highest BCUT2D eigenvalue weighted by atomic mass is 32.2. The molecular weight excluding hydrogens is 346 g/mol. The van der Waals surface area contributed by atoms with Gasteiger partial charge in [-0.3, -0.25) is 0 Å². The van der Waals surface area contributed by atoms with Crippen LogP contribution in [0.25, 0.3) is 0 Å². The van der Waals surface area contributed by atoms with Gasteiger partial charge in [-0.1, -0.05) is 6.07 Å². The fourth-order valence-corrected chi connectivity index (χ4v) is 4.38. The van der Waals surface area contributed by atoms with Gasteiger partial charge in [-0.15, -0.1) is 0 Å². The van der Waals surface area contributed by atoms with Crippen molar-refractivity contribution in [3.05, 3.63) is 52.1 Å². The second-order valence-corrected chi connectivity index (χ2v) is 7.85. The maximum absolute atomic E-state index is 12.8. The standard InChI is InChI=1S/C17H19NO6S/c1-11-4-5-15(22-3)16(6-11)25(20,21)18-9-14(10-18)24-13-7-12(2)23-17(19)8-13/h4-8,14H,9-10H2,1-3H3. The molecule has 1 saturated heterocycles. The molecule has 0 aliphatic carbocycles. The molecule has 8 heteroatoms. The zero-order valence-corrected chi connectivity index (χ0v) is 15.0. The van der Waals surface area contributed by atoms with E-state index in [2.05, 4.69) is 0 Å². The summed E-state index contributed by atoms with van der Waals surface area (Å²) in [5.41, 5.74) is 0.336. The molecule has 134 valence electrons. The zero-order valence-electron chi connectivity index (χ0n) is 14.2. The molecule has 1 aliphatic heterocycles. The molecule has 0 atom stereocenters. The van der Waals surface area contributed by atoms with Gasteiger partial charge in [-0.25, -0.2) is 13.2 Å². The van der Waals surface area contributed by atoms with Crippen LogP contribution in [-0.2, 0) is 10.0 Å². The Morgan fingerprint density at radius 1 is 1.16 bits per heavy atom. The van der Waals surface area contributed by atoms with Gasteiger partial charge in [-0.2, -0.15) is 4.31 Å². The van der Waals surface area contributed by atoms with Gasteiger partial charge in [-0.05, 0) is 31.5 Å². The van der Waals surface area contributed by atoms with E-state index in [0.717, 1.165) is 5.56 Å². The quantitative estimate of drug-likeness (QED) is 0.802. The Morgan fingerprint density at radius 3 is 2.52 bits per heavy atom. The summed E-state index contributed by atoms with van der Waals surface area (Å²) in [4.78, 5) is 11.5. The molecule has 3 rings (SSSR count). The van der Waals surface area contributed by atoms with Gasteiger partial charge < -0.3 is 13.9 Å². The van der Waals surface area contributed by atoms with Crippen LogP contribution in [0.1, 0.15) is 11.3 Å². The van der Waals surface area contributed by atoms with Gasteiger partial charge >= 0.3 is 5.63 Å². The minimum Gasteiger partial charge on any atom is -0.495 e. The SMILES string of the molecule is COc1ccc(C)cc1S(=O)(=O)N1CC(Oc2cc(C)oc(=O)c2)C1. The maximum atomic E-state index is 12.8. The molecule has 0 spiro atoms. The molecule has 0 radical (unpaired) electrons. The molecule has 0 saturated carbocycles. The van der Waals surface area contributed by atoms with Gasteiger partial charge in [0.2, 0.25) is 10.0 Å². The second-order valence-electron chi connectivity index (χ2n) is 5.94. The van der Waals surface area contributed by atoms with Gasteiger partial charge in [0.25, 0.3) is 0 Å². The molecule has 2 aromatic rings. The van der Waals surface area contributed by atoms with Crippen molar-refractivity contribution in [2.24, 2.45) is 0 Å². The van der Waals surface area contributed by atoms with Crippen LogP contribution < -0.4 is 15.1 Å². The van der Waals surface area contributed by atoms with Crippen molar-refractivity contribution in [2.75, 3.05) is 20.2 Å². The van der Waals surface area contributed by atoms with Gasteiger partial charge in [0.05, 0.1) is 26.3 Å². The van der Waals surface area contributed by atoms with Crippen molar-refractivity contribution in [2.45, 2.75) is 24.8 Å². The number of benzene rings is 1. The first-order chi connectivity index (χ1) is 11.8. The highest BCUT2D eigenvalue weighted by molar-refractivity contribution is 7.89. The average molecular weight is 365 g/mol. The maximum Gasteiger partial charge on any atom is 0.339 e. The molecular formula is C17H19NO6S. The van der Waals surface area contributed by atoms with E-state index >= 15 is 0 Å². The number of nitrogens with zero attached hydrogens (tertiary/aromatic N) is 1. The van der Waals surface area contributed by atoms with Gasteiger partial charge in [0.1, 0.15) is 28.3 Å². The predicted octanol–water partition coefficient (Wildman–Crippen LogP) is 1.72. The van der Waals surface area contributed by atoms with Crippen LogP contribution in [0.2, 0.25) is 0 Å². The fraction of sp³-hybridized carbons (Fsp3) is 0.353. The lowest BCUT2D eigenvalue weighted by Crippen LogP contribution is -2.56. The van der Waals surface area contributed by atoms with Crippen molar-refractivity contribution in [1.29, 1.82) is 0 Å². The topological polar surface area (TPSA) is 86.1 Å². The lowest BCUT2D eigenvalue weighted by Gasteiger charge is -2.37. The molecule has 7 nitrogen and oxygen atoms in total. The molecule has 25 heavy (non-hydrogen) atoms. The summed E-state index contributed by atoms with van der Waals surface area (Å²) in [5, 5.41) is 0. The van der Waals surface area contributed by atoms with Crippen LogP contribution in [0.4, 0.5) is 0 Å². The van der Waals surface area contributed by atoms with Crippen LogP contribution >= 0.6 is 0 Å². The predicted molar refractivity (Wildman–Crippen MR) is 90.6 cm³/mol. The smallest absolute Gasteiger partial charge is 0.339 e. The zero-order chi connectivity index (χ0) is 18.2. The summed E-state index contributed by atoms with van der Waals surface area (Å²) in [5.74, 6) is 1.13. The number of hydrogen-bond donors (Lipinski definition) is 0. The molecule has 0 bridgehead atoms. The number of hydrogen-bond acceptors (Lipinski definition) is 6. The molecule has 1 fully saturated rings. The van der Waals surface area contributed by atoms with Crippen LogP contribution in [0, 0.1) is 13.8 Å². The van der Waals surface area contributed by atoms with Crippen LogP contribution in [0.5, 0.6) is 11.5 Å². The van der Waals surface area contributed by atoms with Crippen LogP contribution in [0.15, 0.2) is 44.4 Å². The molecule has 0 unspecified atom stereocenters. The lowest BCUT2D eigenvalue weighted by molar-refractivity contribution is 0.0753. The molecule has 1 aromatic carbocycles. The first kappa shape index (κ1) is 17.5. The van der Waals surface area contributed by atoms with E-state index in [9.17, 15) is 13.2 Å². The van der Waals surface area contributed by atoms with E-state index in [1.54, 1.807) is 31.2 Å². The Balaban J connectivity index is 1.73. The number of aryl methyl sites for hydroxylation is 2. The van der Waals surface area contributed by atoms with Gasteiger partial charge in [0, 0.05) is 6.07 Å². The van der Waals surface area contributed by atoms with Crippen LogP contribution in [0.3, 0.4) is 0 Å². The Morgan fingerprint density at radius 2 is 1.88 bits per heavy atom. The first-order valence-corrected chi connectivity index (χ1v) is 9.17. The third-order valence-electron chi connectivity index (χ3n) is 3.92. The van der Waals surface area contributed by atoms with Crippen molar-refractivity contribution in [3.8, 4) is 11.5 Å². The average Bonchev–Trinajstić information content (AvgIpc) is 2.49. The van der Waals surface area contributed by atoms with E-state index in [4.69, 9.17) is 13.9 Å². The fourth-order valence-electron chi connectivity index (χ4n) is 2.63. The Hall–Kier alpha value is -2.32. The molecule has 0 amide bonds. The Kier molecular flexibility index (Phi) is 4.57. The molecule has 2 heterocycles. The van der Waals surface area contributed by atoms with Gasteiger partial charge in [0.15, 0.2) is 0 Å². The second kappa shape index (κ2) is 6.53. The highest BCUT2D eigenvalue weighted by Crippen LogP contribution is 2.31. The molecule has 0 N–H and O–H groups in total. The van der Waals surface area contributed by atoms with Crippen molar-refractivity contribution in [1.82, 2.24) is 4.31 Å². The third-order valence-corrected chi connectivity index (χ3v) is 5.77. The number of sulfonamides is 1. The normalized spacial score (nSPS) is 15.6. The van der Waals surface area contributed by atoms with E-state index < -0.39 is 15.6 Å². The summed E-state index contributed by atoms with van der Waals surface area (Å²) in [6.45, 7) is 3.89. The summed E-state index contributed by atoms with van der Waals surface area (Å²) in [6.07, 6.45) is -0.313. The summed E-state index contributed by atoms with van der Waals surface area (Å²) < 4.78 is 42.6. The van der Waals surface area contributed by atoms with Crippen molar-refractivity contribution < 1.29 is 22.3 Å². The van der Waals surface area contributed by atoms with E-state index in [-0.39, 0.29) is 24.1 Å². The third kappa shape index (κ3) is 3.54. The monoisotopic (exact) mass is 365 g/mol. The first-order valence-electron chi connectivity index (χ1n) is 7.73. The molecule has 1 aliphatic rings. The Labute approximate surface area is 145 Å². The Bertz CT molecular complexity index is 944. The summed E-state index contributed by atoms with van der Waals surface area (Å²) in [6, 6.07) is 7.87. The van der Waals surface area contributed by atoms with E-state index in [1.165, 1.54) is 17.5 Å². The van der Waals surface area contributed by atoms with E-state index in [0.29, 0.717) is 17.3 Å².